The first-order chi connectivity index (χ1) is 10.1. The number of aliphatic hydroxyl groups excluding tert-OH is 1. The van der Waals surface area contributed by atoms with Gasteiger partial charge in [0.15, 0.2) is 5.84 Å². The van der Waals surface area contributed by atoms with Crippen molar-refractivity contribution >= 4 is 17.4 Å². The van der Waals surface area contributed by atoms with Gasteiger partial charge < -0.3 is 21.4 Å². The summed E-state index contributed by atoms with van der Waals surface area (Å²) in [6.07, 6.45) is 3.93. The van der Waals surface area contributed by atoms with Gasteiger partial charge in [0.2, 0.25) is 0 Å². The highest BCUT2D eigenvalue weighted by Gasteiger charge is 2.19. The molecular formula is C15H22ClN3O2. The maximum Gasteiger partial charge on any atom is 0.170 e. The zero-order valence-electron chi connectivity index (χ0n) is 11.9. The van der Waals surface area contributed by atoms with Crippen LogP contribution in [0.2, 0.25) is 5.02 Å². The summed E-state index contributed by atoms with van der Waals surface area (Å²) in [5.41, 5.74) is 7.10. The first kappa shape index (κ1) is 16.1. The molecule has 2 unspecified atom stereocenters. The van der Waals surface area contributed by atoms with Gasteiger partial charge in [-0.25, -0.2) is 0 Å². The van der Waals surface area contributed by atoms with Crippen LogP contribution in [0, 0.1) is 5.92 Å². The van der Waals surface area contributed by atoms with E-state index in [2.05, 4.69) is 10.5 Å². The van der Waals surface area contributed by atoms with Crippen molar-refractivity contribution in [3.05, 3.63) is 34.3 Å². The Balaban J connectivity index is 1.86. The number of oxime groups is 1. The summed E-state index contributed by atoms with van der Waals surface area (Å²) in [6.45, 7) is 1.55. The Labute approximate surface area is 129 Å². The fraction of sp³-hybridized carbons (Fsp3) is 0.533. The minimum Gasteiger partial charge on any atom is -0.409 e. The number of nitrogens with zero attached hydrogens (tertiary/aromatic N) is 1. The number of aliphatic hydroxyl groups is 1. The van der Waals surface area contributed by atoms with Gasteiger partial charge in [-0.05, 0) is 43.4 Å². The second-order valence-corrected chi connectivity index (χ2v) is 6.02. The van der Waals surface area contributed by atoms with Gasteiger partial charge in [-0.3, -0.25) is 0 Å². The fourth-order valence-corrected chi connectivity index (χ4v) is 3.01. The zero-order chi connectivity index (χ0) is 15.2. The van der Waals surface area contributed by atoms with E-state index in [1.54, 1.807) is 12.1 Å². The van der Waals surface area contributed by atoms with Gasteiger partial charge in [-0.15, -0.1) is 0 Å². The number of hydrogen-bond donors (Lipinski definition) is 4. The molecule has 5 nitrogen and oxygen atoms in total. The Hall–Kier alpha value is -1.30. The fourth-order valence-electron chi connectivity index (χ4n) is 2.77. The van der Waals surface area contributed by atoms with Crippen LogP contribution >= 0.6 is 11.6 Å². The largest absolute Gasteiger partial charge is 0.409 e. The summed E-state index contributed by atoms with van der Waals surface area (Å²) in [4.78, 5) is 0. The number of amidine groups is 1. The van der Waals surface area contributed by atoms with Crippen LogP contribution in [0.15, 0.2) is 23.4 Å². The van der Waals surface area contributed by atoms with Gasteiger partial charge >= 0.3 is 0 Å². The predicted molar refractivity (Wildman–Crippen MR) is 83.6 cm³/mol. The molecule has 1 aromatic carbocycles. The molecule has 116 valence electrons. The number of halogens is 1. The van der Waals surface area contributed by atoms with Crippen LogP contribution in [-0.4, -0.2) is 28.8 Å². The molecule has 5 N–H and O–H groups in total. The van der Waals surface area contributed by atoms with Crippen LogP contribution in [-0.2, 0) is 6.54 Å². The summed E-state index contributed by atoms with van der Waals surface area (Å²) in [6, 6.07) is 5.35. The van der Waals surface area contributed by atoms with Crippen molar-refractivity contribution in [3.63, 3.8) is 0 Å². The Bertz CT molecular complexity index is 508. The van der Waals surface area contributed by atoms with Crippen molar-refractivity contribution in [3.8, 4) is 0 Å². The van der Waals surface area contributed by atoms with E-state index in [1.807, 2.05) is 6.07 Å². The van der Waals surface area contributed by atoms with Crippen molar-refractivity contribution in [2.45, 2.75) is 38.3 Å². The number of nitrogens with two attached hydrogens (primary N) is 1. The van der Waals surface area contributed by atoms with Crippen molar-refractivity contribution in [1.29, 1.82) is 0 Å². The minimum absolute atomic E-state index is 0.0487. The summed E-state index contributed by atoms with van der Waals surface area (Å²) < 4.78 is 0. The highest BCUT2D eigenvalue weighted by atomic mass is 35.5. The SMILES string of the molecule is N/C(=N/O)c1ccc(CNCC2CCCC(O)C2)c(Cl)c1. The highest BCUT2D eigenvalue weighted by molar-refractivity contribution is 6.31. The van der Waals surface area contributed by atoms with Crippen LogP contribution in [0.5, 0.6) is 0 Å². The van der Waals surface area contributed by atoms with Crippen LogP contribution < -0.4 is 11.1 Å². The molecule has 0 radical (unpaired) electrons. The molecular weight excluding hydrogens is 290 g/mol. The van der Waals surface area contributed by atoms with E-state index in [0.717, 1.165) is 31.4 Å². The molecule has 2 rings (SSSR count). The molecule has 2 atom stereocenters. The van der Waals surface area contributed by atoms with Crippen molar-refractivity contribution in [2.75, 3.05) is 6.54 Å². The van der Waals surface area contributed by atoms with Crippen LogP contribution in [0.4, 0.5) is 0 Å². The second-order valence-electron chi connectivity index (χ2n) is 5.61. The monoisotopic (exact) mass is 311 g/mol. The zero-order valence-corrected chi connectivity index (χ0v) is 12.7. The van der Waals surface area contributed by atoms with Gasteiger partial charge in [-0.1, -0.05) is 35.3 Å². The Morgan fingerprint density at radius 1 is 1.43 bits per heavy atom. The summed E-state index contributed by atoms with van der Waals surface area (Å²) in [7, 11) is 0. The average Bonchev–Trinajstić information content (AvgIpc) is 2.48. The number of nitrogens with one attached hydrogen (secondary N) is 1. The maximum absolute atomic E-state index is 9.65. The van der Waals surface area contributed by atoms with Crippen LogP contribution in [0.3, 0.4) is 0 Å². The lowest BCUT2D eigenvalue weighted by Crippen LogP contribution is -2.29. The normalized spacial score (nSPS) is 23.2. The molecule has 1 aromatic rings. The first-order valence-electron chi connectivity index (χ1n) is 7.25. The molecule has 0 aromatic heterocycles. The van der Waals surface area contributed by atoms with E-state index >= 15 is 0 Å². The minimum atomic E-state index is -0.144. The maximum atomic E-state index is 9.65. The number of hydrogen-bond acceptors (Lipinski definition) is 4. The third-order valence-electron chi connectivity index (χ3n) is 3.96. The van der Waals surface area contributed by atoms with E-state index in [4.69, 9.17) is 22.5 Å². The van der Waals surface area contributed by atoms with E-state index in [0.29, 0.717) is 23.0 Å². The van der Waals surface area contributed by atoms with Gasteiger partial charge in [0, 0.05) is 17.1 Å². The third kappa shape index (κ3) is 4.59. The van der Waals surface area contributed by atoms with Gasteiger partial charge in [-0.2, -0.15) is 0 Å². The number of rotatable bonds is 5. The Morgan fingerprint density at radius 2 is 2.24 bits per heavy atom. The molecule has 0 bridgehead atoms. The van der Waals surface area contributed by atoms with E-state index in [-0.39, 0.29) is 11.9 Å². The topological polar surface area (TPSA) is 90.9 Å². The Morgan fingerprint density at radius 3 is 2.90 bits per heavy atom. The van der Waals surface area contributed by atoms with Crippen molar-refractivity contribution < 1.29 is 10.3 Å². The smallest absolute Gasteiger partial charge is 0.170 e. The molecule has 1 saturated carbocycles. The number of benzene rings is 1. The van der Waals surface area contributed by atoms with Crippen LogP contribution in [0.1, 0.15) is 36.8 Å². The standard InChI is InChI=1S/C15H22ClN3O2/c16-14-7-11(15(17)19-21)4-5-12(14)9-18-8-10-2-1-3-13(20)6-10/h4-5,7,10,13,18,20-21H,1-3,6,8-9H2,(H2,17,19). The molecule has 0 spiro atoms. The molecule has 0 aliphatic heterocycles. The molecule has 21 heavy (non-hydrogen) atoms. The van der Waals surface area contributed by atoms with Crippen molar-refractivity contribution in [2.24, 2.45) is 16.8 Å². The molecule has 0 saturated heterocycles. The van der Waals surface area contributed by atoms with E-state index in [1.165, 1.54) is 6.42 Å². The van der Waals surface area contributed by atoms with Gasteiger partial charge in [0.1, 0.15) is 0 Å². The highest BCUT2D eigenvalue weighted by Crippen LogP contribution is 2.24. The van der Waals surface area contributed by atoms with E-state index in [9.17, 15) is 5.11 Å². The van der Waals surface area contributed by atoms with Gasteiger partial charge in [0.25, 0.3) is 0 Å². The van der Waals surface area contributed by atoms with Gasteiger partial charge in [0.05, 0.1) is 6.10 Å². The lowest BCUT2D eigenvalue weighted by molar-refractivity contribution is 0.101. The quantitative estimate of drug-likeness (QED) is 0.290. The summed E-state index contributed by atoms with van der Waals surface area (Å²) >= 11 is 6.20. The van der Waals surface area contributed by atoms with Crippen LogP contribution in [0.25, 0.3) is 0 Å². The Kier molecular flexibility index (Phi) is 5.85. The first-order valence-corrected chi connectivity index (χ1v) is 7.63. The molecule has 0 heterocycles. The second kappa shape index (κ2) is 7.64. The van der Waals surface area contributed by atoms with E-state index < -0.39 is 0 Å². The lowest BCUT2D eigenvalue weighted by Gasteiger charge is -2.26. The predicted octanol–water partition coefficient (Wildman–Crippen LogP) is 2.08. The molecule has 0 amide bonds. The van der Waals surface area contributed by atoms with Crippen molar-refractivity contribution in [1.82, 2.24) is 5.32 Å². The molecule has 1 fully saturated rings. The third-order valence-corrected chi connectivity index (χ3v) is 4.31. The molecule has 6 heteroatoms. The average molecular weight is 312 g/mol. The summed E-state index contributed by atoms with van der Waals surface area (Å²) in [5.74, 6) is 0.580. The molecule has 1 aliphatic rings. The molecule has 1 aliphatic carbocycles. The summed E-state index contributed by atoms with van der Waals surface area (Å²) in [5, 5.41) is 25.2. The lowest BCUT2D eigenvalue weighted by atomic mass is 9.87.